The molecule has 0 aliphatic rings. The molecule has 174 valence electrons. The van der Waals surface area contributed by atoms with E-state index in [0.717, 1.165) is 23.7 Å². The number of nitrogens with one attached hydrogen (secondary N) is 1. The third-order valence-corrected chi connectivity index (χ3v) is 5.07. The molecule has 0 aliphatic heterocycles. The van der Waals surface area contributed by atoms with Gasteiger partial charge < -0.3 is 14.6 Å². The molecule has 2 heterocycles. The molecule has 0 radical (unpaired) electrons. The van der Waals surface area contributed by atoms with E-state index in [4.69, 9.17) is 14.5 Å². The van der Waals surface area contributed by atoms with Crippen LogP contribution in [0.4, 0.5) is 0 Å². The Balaban J connectivity index is 1.87. The van der Waals surface area contributed by atoms with Gasteiger partial charge in [0.15, 0.2) is 5.69 Å². The Morgan fingerprint density at radius 1 is 1.27 bits per heavy atom. The van der Waals surface area contributed by atoms with Crippen molar-refractivity contribution in [2.75, 3.05) is 6.61 Å². The number of nitriles is 1. The lowest BCUT2D eigenvalue weighted by Gasteiger charge is -2.28. The number of para-hydroxylation sites is 1. The van der Waals surface area contributed by atoms with Gasteiger partial charge in [0.2, 0.25) is 5.89 Å². The summed E-state index contributed by atoms with van der Waals surface area (Å²) in [6.07, 6.45) is 2.03. The molecule has 0 unspecified atom stereocenters. The smallest absolute Gasteiger partial charge is 0.379 e. The molecule has 10 nitrogen and oxygen atoms in total. The van der Waals surface area contributed by atoms with Crippen LogP contribution in [0.15, 0.2) is 28.8 Å². The van der Waals surface area contributed by atoms with Gasteiger partial charge in [-0.2, -0.15) is 15.3 Å². The first-order valence-electron chi connectivity index (χ1n) is 10.9. The number of hydrogen-bond acceptors (Lipinski definition) is 8. The van der Waals surface area contributed by atoms with E-state index in [1.807, 2.05) is 45.0 Å². The summed E-state index contributed by atoms with van der Waals surface area (Å²) in [4.78, 5) is 29.4. The predicted octanol–water partition coefficient (Wildman–Crippen LogP) is 3.81. The molecule has 3 rings (SSSR count). The third-order valence-electron chi connectivity index (χ3n) is 5.07. The Hall–Kier alpha value is -3.74. The van der Waals surface area contributed by atoms with Crippen LogP contribution in [0.5, 0.6) is 0 Å². The fraction of sp³-hybridized carbons (Fsp3) is 0.478. The summed E-state index contributed by atoms with van der Waals surface area (Å²) in [5, 5.41) is 20.7. The van der Waals surface area contributed by atoms with Crippen molar-refractivity contribution in [2.24, 2.45) is 5.41 Å². The molecule has 1 N–H and O–H groups in total. The Labute approximate surface area is 191 Å². The van der Waals surface area contributed by atoms with E-state index in [-0.39, 0.29) is 24.0 Å². The summed E-state index contributed by atoms with van der Waals surface area (Å²) in [5.41, 5.74) is 0.628. The molecule has 1 aromatic carbocycles. The summed E-state index contributed by atoms with van der Waals surface area (Å²) in [7, 11) is 0. The van der Waals surface area contributed by atoms with E-state index >= 15 is 0 Å². The molecule has 0 saturated carbocycles. The molecule has 10 heteroatoms. The standard InChI is InChI=1S/C23H28N6O4/c1-5-32-22(31)19-26-21(33-28-19)18(23(2,3)4)25-20(30)17-15-11-7-8-12-16(15)29(27-17)14-10-6-9-13-24/h7-8,11-12,18H,5-6,9-10,14H2,1-4H3,(H,25,30)/t18-/m1/s1. The predicted molar refractivity (Wildman–Crippen MR) is 119 cm³/mol. The Kier molecular flexibility index (Phi) is 7.43. The van der Waals surface area contributed by atoms with Crippen LogP contribution in [0, 0.1) is 16.7 Å². The second kappa shape index (κ2) is 10.3. The molecular formula is C23H28N6O4. The number of aromatic nitrogens is 4. The number of aryl methyl sites for hydroxylation is 1. The lowest BCUT2D eigenvalue weighted by molar-refractivity contribution is 0.0508. The highest BCUT2D eigenvalue weighted by Crippen LogP contribution is 2.32. The molecule has 0 aliphatic carbocycles. The number of fused-ring (bicyclic) bond motifs is 1. The van der Waals surface area contributed by atoms with Crippen LogP contribution < -0.4 is 5.32 Å². The highest BCUT2D eigenvalue weighted by molar-refractivity contribution is 6.05. The molecule has 1 atom stereocenters. The second-order valence-electron chi connectivity index (χ2n) is 8.65. The highest BCUT2D eigenvalue weighted by Gasteiger charge is 2.35. The zero-order valence-electron chi connectivity index (χ0n) is 19.3. The summed E-state index contributed by atoms with van der Waals surface area (Å²) < 4.78 is 12.0. The van der Waals surface area contributed by atoms with E-state index in [1.54, 1.807) is 11.6 Å². The van der Waals surface area contributed by atoms with Gasteiger partial charge in [0.25, 0.3) is 11.7 Å². The highest BCUT2D eigenvalue weighted by atomic mass is 16.5. The molecule has 3 aromatic rings. The lowest BCUT2D eigenvalue weighted by atomic mass is 9.86. The van der Waals surface area contributed by atoms with Gasteiger partial charge in [-0.05, 0) is 36.4 Å². The molecule has 33 heavy (non-hydrogen) atoms. The monoisotopic (exact) mass is 452 g/mol. The van der Waals surface area contributed by atoms with Gasteiger partial charge in [-0.15, -0.1) is 0 Å². The van der Waals surface area contributed by atoms with Crippen molar-refractivity contribution in [1.29, 1.82) is 5.26 Å². The summed E-state index contributed by atoms with van der Waals surface area (Å²) >= 11 is 0. The number of rotatable bonds is 9. The number of amides is 1. The van der Waals surface area contributed by atoms with Crippen molar-refractivity contribution in [2.45, 2.75) is 59.5 Å². The van der Waals surface area contributed by atoms with Crippen molar-refractivity contribution in [1.82, 2.24) is 25.2 Å². The lowest BCUT2D eigenvalue weighted by Crippen LogP contribution is -2.37. The van der Waals surface area contributed by atoms with E-state index in [0.29, 0.717) is 13.0 Å². The van der Waals surface area contributed by atoms with Crippen LogP contribution in [0.3, 0.4) is 0 Å². The van der Waals surface area contributed by atoms with Gasteiger partial charge in [-0.25, -0.2) is 4.79 Å². The normalized spacial score (nSPS) is 12.3. The summed E-state index contributed by atoms with van der Waals surface area (Å²) in [6.45, 7) is 8.22. The topological polar surface area (TPSA) is 136 Å². The summed E-state index contributed by atoms with van der Waals surface area (Å²) in [6, 6.07) is 8.98. The molecule has 0 saturated heterocycles. The first-order chi connectivity index (χ1) is 15.8. The molecule has 0 bridgehead atoms. The first kappa shape index (κ1) is 23.9. The second-order valence-corrected chi connectivity index (χ2v) is 8.65. The minimum atomic E-state index is -0.687. The Bertz CT molecular complexity index is 1170. The average Bonchev–Trinajstić information content (AvgIpc) is 3.40. The van der Waals surface area contributed by atoms with Gasteiger partial charge in [0.1, 0.15) is 6.04 Å². The Morgan fingerprint density at radius 3 is 2.73 bits per heavy atom. The number of esters is 1. The number of hydrogen-bond donors (Lipinski definition) is 1. The number of unbranched alkanes of at least 4 members (excludes halogenated alkanes) is 2. The maximum Gasteiger partial charge on any atom is 0.379 e. The van der Waals surface area contributed by atoms with Crippen LogP contribution in [-0.2, 0) is 11.3 Å². The number of carbonyl (C=O) groups excluding carboxylic acids is 2. The Morgan fingerprint density at radius 2 is 2.03 bits per heavy atom. The fourth-order valence-electron chi connectivity index (χ4n) is 3.41. The van der Waals surface area contributed by atoms with Crippen LogP contribution in [0.1, 0.15) is 80.0 Å². The zero-order chi connectivity index (χ0) is 24.0. The number of benzene rings is 1. The first-order valence-corrected chi connectivity index (χ1v) is 10.9. The van der Waals surface area contributed by atoms with Crippen LogP contribution in [0.25, 0.3) is 10.9 Å². The van der Waals surface area contributed by atoms with Crippen LogP contribution in [-0.4, -0.2) is 38.4 Å². The van der Waals surface area contributed by atoms with E-state index < -0.39 is 23.3 Å². The maximum absolute atomic E-state index is 13.3. The van der Waals surface area contributed by atoms with Crippen molar-refractivity contribution in [3.63, 3.8) is 0 Å². The quantitative estimate of drug-likeness (QED) is 0.382. The minimum absolute atomic E-state index is 0.110. The number of carbonyl (C=O) groups is 2. The average molecular weight is 453 g/mol. The largest absolute Gasteiger partial charge is 0.460 e. The molecule has 2 aromatic heterocycles. The van der Waals surface area contributed by atoms with Crippen molar-refractivity contribution >= 4 is 22.8 Å². The van der Waals surface area contributed by atoms with Crippen molar-refractivity contribution in [3.8, 4) is 6.07 Å². The molecule has 1 amide bonds. The van der Waals surface area contributed by atoms with E-state index in [2.05, 4.69) is 26.6 Å². The fourth-order valence-corrected chi connectivity index (χ4v) is 3.41. The maximum atomic E-state index is 13.3. The summed E-state index contributed by atoms with van der Waals surface area (Å²) in [5.74, 6) is -1.16. The van der Waals surface area contributed by atoms with Crippen LogP contribution in [0.2, 0.25) is 0 Å². The van der Waals surface area contributed by atoms with Gasteiger partial charge >= 0.3 is 5.97 Å². The third kappa shape index (κ3) is 5.55. The van der Waals surface area contributed by atoms with E-state index in [1.165, 1.54) is 0 Å². The molecule has 0 fully saturated rings. The van der Waals surface area contributed by atoms with Gasteiger partial charge in [0.05, 0.1) is 18.2 Å². The van der Waals surface area contributed by atoms with Crippen molar-refractivity contribution in [3.05, 3.63) is 41.7 Å². The van der Waals surface area contributed by atoms with Crippen LogP contribution >= 0.6 is 0 Å². The van der Waals surface area contributed by atoms with Crippen molar-refractivity contribution < 1.29 is 18.8 Å². The van der Waals surface area contributed by atoms with Gasteiger partial charge in [-0.3, -0.25) is 9.48 Å². The molecule has 0 spiro atoms. The van der Waals surface area contributed by atoms with E-state index in [9.17, 15) is 9.59 Å². The van der Waals surface area contributed by atoms with Gasteiger partial charge in [-0.1, -0.05) is 39.0 Å². The minimum Gasteiger partial charge on any atom is -0.460 e. The number of ether oxygens (including phenoxy) is 1. The zero-order valence-corrected chi connectivity index (χ0v) is 19.3. The van der Waals surface area contributed by atoms with Gasteiger partial charge in [0, 0.05) is 18.4 Å². The molecular weight excluding hydrogens is 424 g/mol. The number of nitrogens with zero attached hydrogens (tertiary/aromatic N) is 5. The SMILES string of the molecule is CCOC(=O)c1noc([C@@H](NC(=O)c2nn(CCCCC#N)c3ccccc23)C(C)(C)C)n1.